The minimum atomic E-state index is -1.41. The Morgan fingerprint density at radius 3 is 2.24 bits per heavy atom. The highest BCUT2D eigenvalue weighted by Crippen LogP contribution is 2.00. The standard InChI is InChI=1S/C10H18N2O5/c1-2-3-6(11)4-8(13)12-7(10(16)17)5-9(14)15/h6-7H,2-5,11H2,1H3,(H,12,13)(H,14,15)(H,16,17). The van der Waals surface area contributed by atoms with Crippen LogP contribution in [0, 0.1) is 0 Å². The first-order valence-electron chi connectivity index (χ1n) is 5.36. The number of carboxylic acids is 2. The van der Waals surface area contributed by atoms with E-state index in [4.69, 9.17) is 15.9 Å². The first kappa shape index (κ1) is 15.4. The third kappa shape index (κ3) is 7.29. The highest BCUT2D eigenvalue weighted by Gasteiger charge is 2.23. The SMILES string of the molecule is CCCC(N)CC(=O)NC(CC(=O)O)C(=O)O. The van der Waals surface area contributed by atoms with E-state index in [2.05, 4.69) is 5.32 Å². The van der Waals surface area contributed by atoms with Crippen LogP contribution in [0.15, 0.2) is 0 Å². The maximum Gasteiger partial charge on any atom is 0.326 e. The van der Waals surface area contributed by atoms with Crippen molar-refractivity contribution in [3.05, 3.63) is 0 Å². The molecule has 0 aromatic carbocycles. The number of hydrogen-bond acceptors (Lipinski definition) is 4. The summed E-state index contributed by atoms with van der Waals surface area (Å²) in [4.78, 5) is 32.4. The second-order valence-corrected chi connectivity index (χ2v) is 3.81. The van der Waals surface area contributed by atoms with Crippen molar-refractivity contribution in [1.29, 1.82) is 0 Å². The fourth-order valence-corrected chi connectivity index (χ4v) is 1.34. The van der Waals surface area contributed by atoms with Crippen LogP contribution in [0.1, 0.15) is 32.6 Å². The van der Waals surface area contributed by atoms with Crippen molar-refractivity contribution in [2.45, 2.75) is 44.7 Å². The molecule has 98 valence electrons. The molecule has 2 atom stereocenters. The van der Waals surface area contributed by atoms with Crippen molar-refractivity contribution in [3.63, 3.8) is 0 Å². The van der Waals surface area contributed by atoms with E-state index in [1.807, 2.05) is 6.92 Å². The highest BCUT2D eigenvalue weighted by molar-refractivity contribution is 5.86. The summed E-state index contributed by atoms with van der Waals surface area (Å²) < 4.78 is 0. The molecule has 0 aromatic rings. The topological polar surface area (TPSA) is 130 Å². The van der Waals surface area contributed by atoms with Crippen molar-refractivity contribution in [2.24, 2.45) is 5.73 Å². The van der Waals surface area contributed by atoms with Crippen LogP contribution in [0.2, 0.25) is 0 Å². The van der Waals surface area contributed by atoms with Crippen LogP contribution in [0.4, 0.5) is 0 Å². The molecule has 7 nitrogen and oxygen atoms in total. The molecule has 0 spiro atoms. The van der Waals surface area contributed by atoms with Crippen LogP contribution in [-0.2, 0) is 14.4 Å². The third-order valence-electron chi connectivity index (χ3n) is 2.12. The molecule has 0 aromatic heterocycles. The van der Waals surface area contributed by atoms with Gasteiger partial charge in [-0.15, -0.1) is 0 Å². The molecule has 0 rings (SSSR count). The van der Waals surface area contributed by atoms with E-state index >= 15 is 0 Å². The number of aliphatic carboxylic acids is 2. The van der Waals surface area contributed by atoms with Gasteiger partial charge in [0.1, 0.15) is 6.04 Å². The number of carboxylic acid groups (broad SMARTS) is 2. The van der Waals surface area contributed by atoms with Crippen molar-refractivity contribution in [2.75, 3.05) is 0 Å². The quantitative estimate of drug-likeness (QED) is 0.459. The second-order valence-electron chi connectivity index (χ2n) is 3.81. The molecule has 17 heavy (non-hydrogen) atoms. The van der Waals surface area contributed by atoms with Crippen LogP contribution in [0.3, 0.4) is 0 Å². The Morgan fingerprint density at radius 2 is 1.82 bits per heavy atom. The molecular weight excluding hydrogens is 228 g/mol. The largest absolute Gasteiger partial charge is 0.481 e. The van der Waals surface area contributed by atoms with Crippen molar-refractivity contribution >= 4 is 17.8 Å². The zero-order valence-corrected chi connectivity index (χ0v) is 9.68. The lowest BCUT2D eigenvalue weighted by molar-refractivity contribution is -0.147. The van der Waals surface area contributed by atoms with Gasteiger partial charge < -0.3 is 21.3 Å². The fourth-order valence-electron chi connectivity index (χ4n) is 1.34. The first-order chi connectivity index (χ1) is 7.86. The van der Waals surface area contributed by atoms with Gasteiger partial charge in [-0.3, -0.25) is 9.59 Å². The van der Waals surface area contributed by atoms with Crippen LogP contribution >= 0.6 is 0 Å². The molecule has 0 radical (unpaired) electrons. The molecule has 0 fully saturated rings. The Labute approximate surface area is 99.0 Å². The third-order valence-corrected chi connectivity index (χ3v) is 2.12. The van der Waals surface area contributed by atoms with Gasteiger partial charge in [-0.25, -0.2) is 4.79 Å². The minimum Gasteiger partial charge on any atom is -0.481 e. The maximum absolute atomic E-state index is 11.4. The number of nitrogens with one attached hydrogen (secondary N) is 1. The zero-order chi connectivity index (χ0) is 13.4. The number of rotatable bonds is 8. The maximum atomic E-state index is 11.4. The summed E-state index contributed by atoms with van der Waals surface area (Å²) in [6, 6.07) is -1.74. The Kier molecular flexibility index (Phi) is 6.88. The fraction of sp³-hybridized carbons (Fsp3) is 0.700. The van der Waals surface area contributed by atoms with Gasteiger partial charge in [0.25, 0.3) is 0 Å². The highest BCUT2D eigenvalue weighted by atomic mass is 16.4. The van der Waals surface area contributed by atoms with Crippen LogP contribution in [0.5, 0.6) is 0 Å². The van der Waals surface area contributed by atoms with Gasteiger partial charge in [-0.1, -0.05) is 13.3 Å². The first-order valence-corrected chi connectivity index (χ1v) is 5.36. The molecule has 0 saturated heterocycles. The Morgan fingerprint density at radius 1 is 1.24 bits per heavy atom. The molecule has 0 aliphatic heterocycles. The number of hydrogen-bond donors (Lipinski definition) is 4. The summed E-state index contributed by atoms with van der Waals surface area (Å²) >= 11 is 0. The molecule has 0 aliphatic carbocycles. The van der Waals surface area contributed by atoms with Crippen LogP contribution < -0.4 is 11.1 Å². The molecule has 0 bridgehead atoms. The van der Waals surface area contributed by atoms with Crippen molar-refractivity contribution in [1.82, 2.24) is 5.32 Å². The number of amides is 1. The van der Waals surface area contributed by atoms with E-state index in [1.165, 1.54) is 0 Å². The molecule has 5 N–H and O–H groups in total. The van der Waals surface area contributed by atoms with Gasteiger partial charge >= 0.3 is 11.9 Å². The Balaban J connectivity index is 4.21. The van der Waals surface area contributed by atoms with Gasteiger partial charge in [0, 0.05) is 12.5 Å². The van der Waals surface area contributed by atoms with Gasteiger partial charge in [0.15, 0.2) is 0 Å². The van der Waals surface area contributed by atoms with Crippen molar-refractivity contribution < 1.29 is 24.6 Å². The van der Waals surface area contributed by atoms with Crippen LogP contribution in [0.25, 0.3) is 0 Å². The lowest BCUT2D eigenvalue weighted by Gasteiger charge is -2.14. The van der Waals surface area contributed by atoms with Gasteiger partial charge in [0.2, 0.25) is 5.91 Å². The molecule has 1 amide bonds. The molecule has 0 aliphatic rings. The van der Waals surface area contributed by atoms with E-state index in [1.54, 1.807) is 0 Å². The molecule has 0 saturated carbocycles. The monoisotopic (exact) mass is 246 g/mol. The summed E-state index contributed by atoms with van der Waals surface area (Å²) in [5.41, 5.74) is 5.61. The molecule has 2 unspecified atom stereocenters. The second kappa shape index (κ2) is 7.61. The minimum absolute atomic E-state index is 0.00274. The summed E-state index contributed by atoms with van der Waals surface area (Å²) in [6.07, 6.45) is 0.831. The molecule has 0 heterocycles. The average Bonchev–Trinajstić information content (AvgIpc) is 2.15. The van der Waals surface area contributed by atoms with Crippen LogP contribution in [-0.4, -0.2) is 40.1 Å². The van der Waals surface area contributed by atoms with E-state index in [0.717, 1.165) is 6.42 Å². The number of carbonyl (C=O) groups excluding carboxylic acids is 1. The lowest BCUT2D eigenvalue weighted by atomic mass is 10.1. The molecule has 7 heteroatoms. The average molecular weight is 246 g/mol. The van der Waals surface area contributed by atoms with E-state index < -0.39 is 30.3 Å². The normalized spacial score (nSPS) is 13.8. The number of nitrogens with two attached hydrogens (primary N) is 1. The van der Waals surface area contributed by atoms with E-state index in [0.29, 0.717) is 6.42 Å². The number of carbonyl (C=O) groups is 3. The summed E-state index contributed by atoms with van der Waals surface area (Å²) in [5, 5.41) is 19.3. The Hall–Kier alpha value is -1.63. The van der Waals surface area contributed by atoms with Gasteiger partial charge in [0.05, 0.1) is 6.42 Å². The molecular formula is C10H18N2O5. The summed E-state index contributed by atoms with van der Waals surface area (Å²) in [6.45, 7) is 1.92. The zero-order valence-electron chi connectivity index (χ0n) is 9.68. The van der Waals surface area contributed by atoms with E-state index in [-0.39, 0.29) is 12.5 Å². The lowest BCUT2D eigenvalue weighted by Crippen LogP contribution is -2.44. The van der Waals surface area contributed by atoms with E-state index in [9.17, 15) is 14.4 Å². The van der Waals surface area contributed by atoms with Gasteiger partial charge in [-0.2, -0.15) is 0 Å². The summed E-state index contributed by atoms with van der Waals surface area (Å²) in [5.74, 6) is -3.19. The Bertz CT molecular complexity index is 292. The van der Waals surface area contributed by atoms with Crippen molar-refractivity contribution in [3.8, 4) is 0 Å². The van der Waals surface area contributed by atoms with Gasteiger partial charge in [-0.05, 0) is 6.42 Å². The predicted octanol–water partition coefficient (Wildman–Crippen LogP) is -0.452. The predicted molar refractivity (Wildman–Crippen MR) is 59.3 cm³/mol. The summed E-state index contributed by atoms with van der Waals surface area (Å²) in [7, 11) is 0. The smallest absolute Gasteiger partial charge is 0.326 e.